The van der Waals surface area contributed by atoms with E-state index in [1.807, 2.05) is 50.2 Å². The van der Waals surface area contributed by atoms with Gasteiger partial charge in [0, 0.05) is 12.6 Å². The normalized spacial score (nSPS) is 10.3. The van der Waals surface area contributed by atoms with Crippen LogP contribution in [0.2, 0.25) is 0 Å². The molecule has 0 aromatic heterocycles. The number of hydrogen-bond acceptors (Lipinski definition) is 2. The number of nitrogen functional groups attached to an aromatic ring is 1. The zero-order chi connectivity index (χ0) is 14.0. The number of amides is 1. The van der Waals surface area contributed by atoms with Crippen molar-refractivity contribution in [3.8, 4) is 0 Å². The lowest BCUT2D eigenvalue weighted by Gasteiger charge is -2.19. The van der Waals surface area contributed by atoms with Gasteiger partial charge in [0.15, 0.2) is 0 Å². The van der Waals surface area contributed by atoms with Crippen molar-refractivity contribution < 1.29 is 4.79 Å². The fourth-order valence-corrected chi connectivity index (χ4v) is 1.97. The quantitative estimate of drug-likeness (QED) is 0.837. The van der Waals surface area contributed by atoms with Crippen LogP contribution < -0.4 is 10.6 Å². The summed E-state index contributed by atoms with van der Waals surface area (Å²) in [6, 6.07) is 13.1. The third-order valence-electron chi connectivity index (χ3n) is 3.36. The molecule has 0 atom stereocenters. The molecule has 0 saturated heterocycles. The summed E-state index contributed by atoms with van der Waals surface area (Å²) in [6.07, 6.45) is 0. The van der Waals surface area contributed by atoms with Crippen LogP contribution in [-0.2, 0) is 0 Å². The summed E-state index contributed by atoms with van der Waals surface area (Å²) in [5.74, 6) is -0.0546. The lowest BCUT2D eigenvalue weighted by atomic mass is 10.1. The van der Waals surface area contributed by atoms with Gasteiger partial charge in [-0.2, -0.15) is 0 Å². The Morgan fingerprint density at radius 1 is 1.05 bits per heavy atom. The van der Waals surface area contributed by atoms with Crippen LogP contribution in [0.15, 0.2) is 42.5 Å². The molecular weight excluding hydrogens is 236 g/mol. The van der Waals surface area contributed by atoms with E-state index in [4.69, 9.17) is 5.73 Å². The molecule has 0 aliphatic rings. The van der Waals surface area contributed by atoms with Crippen LogP contribution >= 0.6 is 0 Å². The van der Waals surface area contributed by atoms with Crippen LogP contribution in [0.3, 0.4) is 0 Å². The Balaban J connectivity index is 2.34. The number of carbonyl (C=O) groups is 1. The van der Waals surface area contributed by atoms with Crippen molar-refractivity contribution >= 4 is 17.3 Å². The van der Waals surface area contributed by atoms with Gasteiger partial charge in [0.25, 0.3) is 5.91 Å². The molecule has 0 fully saturated rings. The zero-order valence-corrected chi connectivity index (χ0v) is 11.5. The number of anilines is 2. The average Bonchev–Trinajstić information content (AvgIpc) is 2.41. The van der Waals surface area contributed by atoms with Gasteiger partial charge in [0.05, 0.1) is 11.4 Å². The first-order chi connectivity index (χ1) is 9.00. The maximum absolute atomic E-state index is 12.4. The zero-order valence-electron chi connectivity index (χ0n) is 11.5. The highest BCUT2D eigenvalue weighted by Crippen LogP contribution is 2.23. The van der Waals surface area contributed by atoms with E-state index in [0.717, 1.165) is 11.3 Å². The van der Waals surface area contributed by atoms with Gasteiger partial charge >= 0.3 is 0 Å². The summed E-state index contributed by atoms with van der Waals surface area (Å²) in [5, 5.41) is 0. The number of benzene rings is 2. The second kappa shape index (κ2) is 5.14. The molecule has 2 aromatic rings. The highest BCUT2D eigenvalue weighted by Gasteiger charge is 2.15. The maximum Gasteiger partial charge on any atom is 0.258 e. The Kier molecular flexibility index (Phi) is 3.56. The summed E-state index contributed by atoms with van der Waals surface area (Å²) in [7, 11) is 1.74. The van der Waals surface area contributed by atoms with E-state index in [9.17, 15) is 4.79 Å². The van der Waals surface area contributed by atoms with Gasteiger partial charge in [-0.25, -0.2) is 0 Å². The van der Waals surface area contributed by atoms with Gasteiger partial charge in [-0.1, -0.05) is 18.2 Å². The first-order valence-corrected chi connectivity index (χ1v) is 6.20. The summed E-state index contributed by atoms with van der Waals surface area (Å²) >= 11 is 0. The minimum atomic E-state index is -0.0546. The number of carbonyl (C=O) groups excluding carboxylic acids is 1. The minimum absolute atomic E-state index is 0.0546. The molecule has 3 heteroatoms. The Morgan fingerprint density at radius 2 is 1.74 bits per heavy atom. The molecule has 19 heavy (non-hydrogen) atoms. The van der Waals surface area contributed by atoms with E-state index >= 15 is 0 Å². The van der Waals surface area contributed by atoms with Crippen LogP contribution in [0, 0.1) is 13.8 Å². The molecule has 0 unspecified atom stereocenters. The van der Waals surface area contributed by atoms with Crippen LogP contribution in [0.25, 0.3) is 0 Å². The average molecular weight is 254 g/mol. The Morgan fingerprint density at radius 3 is 2.37 bits per heavy atom. The summed E-state index contributed by atoms with van der Waals surface area (Å²) in [4.78, 5) is 14.0. The van der Waals surface area contributed by atoms with Crippen LogP contribution in [0.4, 0.5) is 11.4 Å². The van der Waals surface area contributed by atoms with Gasteiger partial charge in [0.2, 0.25) is 0 Å². The molecule has 0 heterocycles. The maximum atomic E-state index is 12.4. The van der Waals surface area contributed by atoms with Gasteiger partial charge < -0.3 is 10.6 Å². The first kappa shape index (κ1) is 13.1. The molecule has 2 N–H and O–H groups in total. The standard InChI is InChI=1S/C16H18N2O/c1-11-8-9-13(10-12(11)2)16(19)18(3)15-7-5-4-6-14(15)17/h4-10H,17H2,1-3H3. The van der Waals surface area contributed by atoms with Crippen LogP contribution in [0.5, 0.6) is 0 Å². The van der Waals surface area contributed by atoms with Crippen molar-refractivity contribution in [2.75, 3.05) is 17.7 Å². The van der Waals surface area contributed by atoms with E-state index in [-0.39, 0.29) is 5.91 Å². The second-order valence-corrected chi connectivity index (χ2v) is 4.72. The third-order valence-corrected chi connectivity index (χ3v) is 3.36. The fourth-order valence-electron chi connectivity index (χ4n) is 1.97. The molecule has 0 spiro atoms. The molecule has 3 nitrogen and oxygen atoms in total. The van der Waals surface area contributed by atoms with Crippen molar-refractivity contribution in [3.63, 3.8) is 0 Å². The predicted octanol–water partition coefficient (Wildman–Crippen LogP) is 3.16. The van der Waals surface area contributed by atoms with Crippen molar-refractivity contribution in [1.82, 2.24) is 0 Å². The van der Waals surface area contributed by atoms with Gasteiger partial charge in [-0.05, 0) is 49.2 Å². The largest absolute Gasteiger partial charge is 0.397 e. The van der Waals surface area contributed by atoms with Crippen molar-refractivity contribution in [1.29, 1.82) is 0 Å². The molecule has 0 aliphatic heterocycles. The highest BCUT2D eigenvalue weighted by atomic mass is 16.2. The number of rotatable bonds is 2. The monoisotopic (exact) mass is 254 g/mol. The number of para-hydroxylation sites is 2. The van der Waals surface area contributed by atoms with Crippen molar-refractivity contribution in [2.45, 2.75) is 13.8 Å². The molecule has 1 amide bonds. The van der Waals surface area contributed by atoms with E-state index in [1.54, 1.807) is 18.0 Å². The molecule has 2 rings (SSSR count). The Hall–Kier alpha value is -2.29. The molecular formula is C16H18N2O. The van der Waals surface area contributed by atoms with Gasteiger partial charge in [-0.3, -0.25) is 4.79 Å². The van der Waals surface area contributed by atoms with Crippen LogP contribution in [0.1, 0.15) is 21.5 Å². The molecule has 0 aliphatic carbocycles. The SMILES string of the molecule is Cc1ccc(C(=O)N(C)c2ccccc2N)cc1C. The molecule has 2 aromatic carbocycles. The predicted molar refractivity (Wildman–Crippen MR) is 79.5 cm³/mol. The fraction of sp³-hybridized carbons (Fsp3) is 0.188. The van der Waals surface area contributed by atoms with E-state index < -0.39 is 0 Å². The number of nitrogens with two attached hydrogens (primary N) is 1. The Bertz CT molecular complexity index is 620. The summed E-state index contributed by atoms with van der Waals surface area (Å²) in [5.41, 5.74) is 10.2. The lowest BCUT2D eigenvalue weighted by molar-refractivity contribution is 0.0993. The molecule has 0 radical (unpaired) electrons. The third kappa shape index (κ3) is 2.60. The van der Waals surface area contributed by atoms with Crippen molar-refractivity contribution in [2.24, 2.45) is 0 Å². The Labute approximate surface area is 113 Å². The summed E-state index contributed by atoms with van der Waals surface area (Å²) < 4.78 is 0. The number of nitrogens with zero attached hydrogens (tertiary/aromatic N) is 1. The summed E-state index contributed by atoms with van der Waals surface area (Å²) in [6.45, 7) is 4.03. The molecule has 0 bridgehead atoms. The van der Waals surface area contributed by atoms with Gasteiger partial charge in [-0.15, -0.1) is 0 Å². The first-order valence-electron chi connectivity index (χ1n) is 6.20. The van der Waals surface area contributed by atoms with Crippen molar-refractivity contribution in [3.05, 3.63) is 59.2 Å². The number of hydrogen-bond donors (Lipinski definition) is 1. The van der Waals surface area contributed by atoms with E-state index in [0.29, 0.717) is 11.3 Å². The minimum Gasteiger partial charge on any atom is -0.397 e. The van der Waals surface area contributed by atoms with Gasteiger partial charge in [0.1, 0.15) is 0 Å². The smallest absolute Gasteiger partial charge is 0.258 e. The molecule has 0 saturated carbocycles. The highest BCUT2D eigenvalue weighted by molar-refractivity contribution is 6.07. The lowest BCUT2D eigenvalue weighted by Crippen LogP contribution is -2.27. The van der Waals surface area contributed by atoms with E-state index in [1.165, 1.54) is 5.56 Å². The topological polar surface area (TPSA) is 46.3 Å². The molecule has 98 valence electrons. The number of aryl methyl sites for hydroxylation is 2. The van der Waals surface area contributed by atoms with Crippen LogP contribution in [-0.4, -0.2) is 13.0 Å². The second-order valence-electron chi connectivity index (χ2n) is 4.72. The van der Waals surface area contributed by atoms with E-state index in [2.05, 4.69) is 0 Å².